The van der Waals surface area contributed by atoms with E-state index >= 15 is 0 Å². The van der Waals surface area contributed by atoms with E-state index in [1.165, 1.54) is 12.1 Å². The number of benzene rings is 2. The number of hydrogen-bond acceptors (Lipinski definition) is 4. The normalized spacial score (nSPS) is 11.6. The Morgan fingerprint density at radius 2 is 1.60 bits per heavy atom. The van der Waals surface area contributed by atoms with Gasteiger partial charge >= 0.3 is 0 Å². The highest BCUT2D eigenvalue weighted by Crippen LogP contribution is 2.27. The number of hydrogen-bond donors (Lipinski definition) is 2. The second kappa shape index (κ2) is 7.84. The maximum Gasteiger partial charge on any atom is 0.264 e. The van der Waals surface area contributed by atoms with Crippen molar-refractivity contribution in [2.24, 2.45) is 11.1 Å². The topological polar surface area (TPSA) is 106 Å². The fraction of sp³-hybridized carbons (Fsp3) is 0.294. The van der Waals surface area contributed by atoms with Gasteiger partial charge in [-0.1, -0.05) is 44.2 Å². The minimum Gasteiger partial charge on any atom is -0.369 e. The molecule has 0 spiro atoms. The molecule has 0 saturated carbocycles. The van der Waals surface area contributed by atoms with Gasteiger partial charge in [-0.2, -0.15) is 0 Å². The van der Waals surface area contributed by atoms with Crippen molar-refractivity contribution in [3.8, 4) is 0 Å². The molecule has 2 aromatic carbocycles. The van der Waals surface area contributed by atoms with E-state index in [2.05, 4.69) is 0 Å². The molecule has 8 heteroatoms. The van der Waals surface area contributed by atoms with Gasteiger partial charge in [-0.25, -0.2) is 13.1 Å². The van der Waals surface area contributed by atoms with E-state index in [0.29, 0.717) is 0 Å². The summed E-state index contributed by atoms with van der Waals surface area (Å²) in [7, 11) is -4.10. The predicted molar refractivity (Wildman–Crippen MR) is 98.7 cm³/mol. The van der Waals surface area contributed by atoms with Gasteiger partial charge in [0, 0.05) is 0 Å². The molecular formula is C17H21ClN2O4S. The molecule has 0 atom stereocenters. The van der Waals surface area contributed by atoms with Crippen LogP contribution >= 0.6 is 12.4 Å². The van der Waals surface area contributed by atoms with Crippen molar-refractivity contribution < 1.29 is 18.0 Å². The second-order valence-electron chi connectivity index (χ2n) is 5.60. The first kappa shape index (κ1) is 20.9. The van der Waals surface area contributed by atoms with Gasteiger partial charge in [-0.15, -0.1) is 12.4 Å². The zero-order valence-electron chi connectivity index (χ0n) is 14.0. The van der Waals surface area contributed by atoms with E-state index in [9.17, 15) is 18.0 Å². The van der Waals surface area contributed by atoms with Crippen molar-refractivity contribution in [2.75, 3.05) is 0 Å². The van der Waals surface area contributed by atoms with Gasteiger partial charge in [0.25, 0.3) is 10.0 Å². The minimum atomic E-state index is -4.10. The molecule has 2 amide bonds. The van der Waals surface area contributed by atoms with E-state index in [1.807, 2.05) is 16.9 Å². The van der Waals surface area contributed by atoms with E-state index in [-0.39, 0.29) is 30.1 Å². The van der Waals surface area contributed by atoms with Crippen molar-refractivity contribution >= 4 is 45.0 Å². The molecule has 0 aliphatic heterocycles. The Hall–Kier alpha value is -2.12. The van der Waals surface area contributed by atoms with Gasteiger partial charge in [-0.05, 0) is 35.7 Å². The van der Waals surface area contributed by atoms with Crippen LogP contribution in [0.5, 0.6) is 0 Å². The highest BCUT2D eigenvalue weighted by atomic mass is 35.5. The summed E-state index contributed by atoms with van der Waals surface area (Å²) in [5, 5.41) is 1.62. The fourth-order valence-corrected chi connectivity index (χ4v) is 3.73. The standard InChI is InChI=1S/C17H20N2O4S.ClH/c1-3-17(4-2,15(18)20)16(21)19-24(22,23)14-10-9-12-7-5-6-8-13(12)11-14;/h5-11H,3-4H2,1-2H3,(H2,18,20)(H,19,21);1H. The zero-order valence-corrected chi connectivity index (χ0v) is 15.6. The predicted octanol–water partition coefficient (Wildman–Crippen LogP) is 2.36. The lowest BCUT2D eigenvalue weighted by molar-refractivity contribution is -0.141. The molecule has 6 nitrogen and oxygen atoms in total. The fourth-order valence-electron chi connectivity index (χ4n) is 2.64. The quantitative estimate of drug-likeness (QED) is 0.745. The third kappa shape index (κ3) is 3.93. The molecule has 0 heterocycles. The second-order valence-corrected chi connectivity index (χ2v) is 7.28. The number of amides is 2. The van der Waals surface area contributed by atoms with Crippen molar-refractivity contribution in [3.63, 3.8) is 0 Å². The maximum absolute atomic E-state index is 12.5. The number of halogens is 1. The number of carbonyl (C=O) groups excluding carboxylic acids is 2. The Morgan fingerprint density at radius 3 is 2.12 bits per heavy atom. The molecule has 0 aliphatic carbocycles. The number of rotatable bonds is 6. The lowest BCUT2D eigenvalue weighted by Crippen LogP contribution is -2.50. The first-order valence-electron chi connectivity index (χ1n) is 7.63. The molecule has 2 aromatic rings. The Bertz CT molecular complexity index is 892. The summed E-state index contributed by atoms with van der Waals surface area (Å²) >= 11 is 0. The summed E-state index contributed by atoms with van der Waals surface area (Å²) in [6, 6.07) is 11.8. The van der Waals surface area contributed by atoms with Crippen LogP contribution in [0.1, 0.15) is 26.7 Å². The van der Waals surface area contributed by atoms with Crippen molar-refractivity contribution in [1.82, 2.24) is 4.72 Å². The molecule has 0 bridgehead atoms. The van der Waals surface area contributed by atoms with Crippen LogP contribution in [0, 0.1) is 5.41 Å². The number of primary amides is 1. The average molecular weight is 385 g/mol. The lowest BCUT2D eigenvalue weighted by Gasteiger charge is -2.26. The number of carbonyl (C=O) groups is 2. The summed E-state index contributed by atoms with van der Waals surface area (Å²) in [6.07, 6.45) is 0.246. The van der Waals surface area contributed by atoms with Gasteiger partial charge in [0.05, 0.1) is 4.90 Å². The molecule has 0 fully saturated rings. The molecule has 2 rings (SSSR count). The average Bonchev–Trinajstić information content (AvgIpc) is 2.55. The smallest absolute Gasteiger partial charge is 0.264 e. The van der Waals surface area contributed by atoms with Gasteiger partial charge in [0.15, 0.2) is 0 Å². The van der Waals surface area contributed by atoms with Crippen LogP contribution in [0.4, 0.5) is 0 Å². The summed E-state index contributed by atoms with van der Waals surface area (Å²) in [5.74, 6) is -1.73. The maximum atomic E-state index is 12.5. The summed E-state index contributed by atoms with van der Waals surface area (Å²) < 4.78 is 27.0. The molecule has 25 heavy (non-hydrogen) atoms. The Labute approximate surface area is 153 Å². The molecule has 0 aliphatic rings. The molecule has 136 valence electrons. The molecule has 0 unspecified atom stereocenters. The molecule has 0 radical (unpaired) electrons. The number of nitrogens with one attached hydrogen (secondary N) is 1. The van der Waals surface area contributed by atoms with E-state index in [1.54, 1.807) is 32.0 Å². The van der Waals surface area contributed by atoms with Crippen molar-refractivity contribution in [2.45, 2.75) is 31.6 Å². The van der Waals surface area contributed by atoms with Gasteiger partial charge < -0.3 is 5.73 Å². The van der Waals surface area contributed by atoms with Crippen LogP contribution in [0.25, 0.3) is 10.8 Å². The lowest BCUT2D eigenvalue weighted by atomic mass is 9.81. The highest BCUT2D eigenvalue weighted by molar-refractivity contribution is 7.90. The van der Waals surface area contributed by atoms with Gasteiger partial charge in [-0.3, -0.25) is 9.59 Å². The number of sulfonamides is 1. The third-order valence-electron chi connectivity index (χ3n) is 4.37. The molecule has 3 N–H and O–H groups in total. The van der Waals surface area contributed by atoms with E-state index in [0.717, 1.165) is 10.8 Å². The number of fused-ring (bicyclic) bond motifs is 1. The minimum absolute atomic E-state index is 0. The molecule has 0 saturated heterocycles. The van der Waals surface area contributed by atoms with Crippen LogP contribution < -0.4 is 10.5 Å². The van der Waals surface area contributed by atoms with E-state index in [4.69, 9.17) is 5.73 Å². The highest BCUT2D eigenvalue weighted by Gasteiger charge is 2.42. The van der Waals surface area contributed by atoms with Crippen LogP contribution in [-0.2, 0) is 19.6 Å². The van der Waals surface area contributed by atoms with Gasteiger partial charge in [0.2, 0.25) is 11.8 Å². The zero-order chi connectivity index (χ0) is 18.0. The summed E-state index contributed by atoms with van der Waals surface area (Å²) in [5.41, 5.74) is 3.79. The Morgan fingerprint density at radius 1 is 1.04 bits per heavy atom. The Balaban J connectivity index is 0.00000312. The SMILES string of the molecule is CCC(CC)(C(N)=O)C(=O)NS(=O)(=O)c1ccc2ccccc2c1.Cl. The van der Waals surface area contributed by atoms with Crippen LogP contribution in [0.3, 0.4) is 0 Å². The third-order valence-corrected chi connectivity index (χ3v) is 5.70. The van der Waals surface area contributed by atoms with Crippen molar-refractivity contribution in [3.05, 3.63) is 42.5 Å². The van der Waals surface area contributed by atoms with E-state index < -0.39 is 27.3 Å². The first-order valence-corrected chi connectivity index (χ1v) is 9.11. The largest absolute Gasteiger partial charge is 0.369 e. The first-order chi connectivity index (χ1) is 11.3. The molecular weight excluding hydrogens is 364 g/mol. The van der Waals surface area contributed by atoms with Gasteiger partial charge in [0.1, 0.15) is 5.41 Å². The van der Waals surface area contributed by atoms with Crippen molar-refractivity contribution in [1.29, 1.82) is 0 Å². The summed E-state index contributed by atoms with van der Waals surface area (Å²) in [6.45, 7) is 3.24. The summed E-state index contributed by atoms with van der Waals surface area (Å²) in [4.78, 5) is 24.1. The number of nitrogens with two attached hydrogens (primary N) is 1. The molecule has 0 aromatic heterocycles. The van der Waals surface area contributed by atoms with Crippen LogP contribution in [0.2, 0.25) is 0 Å². The monoisotopic (exact) mass is 384 g/mol. The Kier molecular flexibility index (Phi) is 6.56. The van der Waals surface area contributed by atoms with Crippen LogP contribution in [0.15, 0.2) is 47.4 Å². The van der Waals surface area contributed by atoms with Crippen LogP contribution in [-0.4, -0.2) is 20.2 Å².